The average molecular weight is 209 g/mol. The molecule has 3 nitrogen and oxygen atoms in total. The summed E-state index contributed by atoms with van der Waals surface area (Å²) in [5.74, 6) is 0.515. The average Bonchev–Trinajstić information content (AvgIpc) is 2.66. The van der Waals surface area contributed by atoms with Crippen molar-refractivity contribution in [3.63, 3.8) is 0 Å². The molecule has 0 heterocycles. The third kappa shape index (κ3) is 2.58. The molecule has 1 N–H and O–H groups in total. The van der Waals surface area contributed by atoms with Crippen LogP contribution in [0.3, 0.4) is 0 Å². The van der Waals surface area contributed by atoms with Gasteiger partial charge in [-0.2, -0.15) is 0 Å². The highest BCUT2D eigenvalue weighted by Gasteiger charge is 2.29. The number of hydrogen-bond donors (Lipinski definition) is 1. The van der Waals surface area contributed by atoms with Gasteiger partial charge < -0.3 is 5.32 Å². The van der Waals surface area contributed by atoms with Crippen molar-refractivity contribution in [3.05, 3.63) is 0 Å². The van der Waals surface area contributed by atoms with E-state index < -0.39 is 0 Å². The minimum absolute atomic E-state index is 0.120. The lowest BCUT2D eigenvalue weighted by Gasteiger charge is -2.22. The van der Waals surface area contributed by atoms with Gasteiger partial charge in [-0.1, -0.05) is 19.3 Å². The minimum atomic E-state index is -0.167. The van der Waals surface area contributed by atoms with Crippen molar-refractivity contribution >= 4 is 11.7 Å². The molecule has 0 aromatic carbocycles. The second kappa shape index (κ2) is 4.77. The van der Waals surface area contributed by atoms with Crippen LogP contribution in [0.1, 0.15) is 51.4 Å². The maximum atomic E-state index is 11.8. The fourth-order valence-electron chi connectivity index (χ4n) is 2.62. The summed E-state index contributed by atoms with van der Waals surface area (Å²) in [6.45, 7) is 0. The fourth-order valence-corrected chi connectivity index (χ4v) is 2.62. The first-order chi connectivity index (χ1) is 7.27. The first-order valence-corrected chi connectivity index (χ1v) is 6.10. The van der Waals surface area contributed by atoms with Crippen molar-refractivity contribution in [2.45, 2.75) is 57.4 Å². The third-order valence-corrected chi connectivity index (χ3v) is 3.60. The van der Waals surface area contributed by atoms with Gasteiger partial charge in [-0.3, -0.25) is 9.59 Å². The van der Waals surface area contributed by atoms with Crippen LogP contribution in [0.5, 0.6) is 0 Å². The molecule has 84 valence electrons. The molecule has 0 spiro atoms. The van der Waals surface area contributed by atoms with Crippen LogP contribution >= 0.6 is 0 Å². The van der Waals surface area contributed by atoms with E-state index in [1.807, 2.05) is 0 Å². The Balaban J connectivity index is 1.82. The van der Waals surface area contributed by atoms with Crippen LogP contribution in [0.15, 0.2) is 0 Å². The van der Waals surface area contributed by atoms with Crippen molar-refractivity contribution in [3.8, 4) is 0 Å². The quantitative estimate of drug-likeness (QED) is 0.753. The molecule has 15 heavy (non-hydrogen) atoms. The zero-order chi connectivity index (χ0) is 10.7. The van der Waals surface area contributed by atoms with Gasteiger partial charge in [0.15, 0.2) is 5.78 Å². The Bertz CT molecular complexity index is 256. The number of nitrogens with one attached hydrogen (secondary N) is 1. The van der Waals surface area contributed by atoms with Crippen molar-refractivity contribution < 1.29 is 9.59 Å². The van der Waals surface area contributed by atoms with Crippen molar-refractivity contribution in [1.29, 1.82) is 0 Å². The maximum Gasteiger partial charge on any atom is 0.223 e. The smallest absolute Gasteiger partial charge is 0.223 e. The second-order valence-electron chi connectivity index (χ2n) is 4.75. The first-order valence-electron chi connectivity index (χ1n) is 6.10. The molecule has 0 aromatic heterocycles. The van der Waals surface area contributed by atoms with Crippen LogP contribution < -0.4 is 5.32 Å². The van der Waals surface area contributed by atoms with Crippen molar-refractivity contribution in [2.75, 3.05) is 0 Å². The van der Waals surface area contributed by atoms with Crippen molar-refractivity contribution in [2.24, 2.45) is 5.92 Å². The number of ketones is 1. The van der Waals surface area contributed by atoms with Gasteiger partial charge in [-0.05, 0) is 25.7 Å². The standard InChI is InChI=1S/C12H19NO2/c14-11-8-4-7-10(11)13-12(15)9-5-2-1-3-6-9/h9-10H,1-8H2,(H,13,15)/t10-/m1/s1. The van der Waals surface area contributed by atoms with Crippen LogP contribution in [-0.4, -0.2) is 17.7 Å². The molecule has 1 amide bonds. The van der Waals surface area contributed by atoms with E-state index in [4.69, 9.17) is 0 Å². The molecule has 2 fully saturated rings. The van der Waals surface area contributed by atoms with E-state index >= 15 is 0 Å². The summed E-state index contributed by atoms with van der Waals surface area (Å²) < 4.78 is 0. The number of hydrogen-bond acceptors (Lipinski definition) is 2. The highest BCUT2D eigenvalue weighted by Crippen LogP contribution is 2.24. The molecule has 0 unspecified atom stereocenters. The number of amides is 1. The van der Waals surface area contributed by atoms with Gasteiger partial charge in [0.2, 0.25) is 5.91 Å². The maximum absolute atomic E-state index is 11.8. The minimum Gasteiger partial charge on any atom is -0.346 e. The summed E-state index contributed by atoms with van der Waals surface area (Å²) in [5, 5.41) is 2.91. The lowest BCUT2D eigenvalue weighted by Crippen LogP contribution is -2.41. The Hall–Kier alpha value is -0.860. The summed E-state index contributed by atoms with van der Waals surface area (Å²) in [6, 6.07) is -0.167. The second-order valence-corrected chi connectivity index (χ2v) is 4.75. The Labute approximate surface area is 90.6 Å². The van der Waals surface area contributed by atoms with E-state index in [0.717, 1.165) is 38.5 Å². The summed E-state index contributed by atoms with van der Waals surface area (Å²) in [4.78, 5) is 23.2. The van der Waals surface area contributed by atoms with Gasteiger partial charge >= 0.3 is 0 Å². The Morgan fingerprint density at radius 3 is 2.40 bits per heavy atom. The van der Waals surface area contributed by atoms with E-state index in [-0.39, 0.29) is 23.7 Å². The predicted molar refractivity (Wildman–Crippen MR) is 57.4 cm³/mol. The zero-order valence-corrected chi connectivity index (χ0v) is 9.13. The molecule has 0 aromatic rings. The Morgan fingerprint density at radius 2 is 1.80 bits per heavy atom. The highest BCUT2D eigenvalue weighted by atomic mass is 16.2. The van der Waals surface area contributed by atoms with Crippen molar-refractivity contribution in [1.82, 2.24) is 5.32 Å². The molecule has 0 bridgehead atoms. The lowest BCUT2D eigenvalue weighted by atomic mass is 9.88. The van der Waals surface area contributed by atoms with Crippen LogP contribution in [-0.2, 0) is 9.59 Å². The first kappa shape index (κ1) is 10.7. The van der Waals surface area contributed by atoms with E-state index in [9.17, 15) is 9.59 Å². The predicted octanol–water partition coefficient (Wildman–Crippen LogP) is 1.80. The van der Waals surface area contributed by atoms with Gasteiger partial charge in [-0.25, -0.2) is 0 Å². The number of carbonyl (C=O) groups is 2. The third-order valence-electron chi connectivity index (χ3n) is 3.60. The van der Waals surface area contributed by atoms with Gasteiger partial charge in [0.05, 0.1) is 6.04 Å². The van der Waals surface area contributed by atoms with E-state index in [2.05, 4.69) is 5.32 Å². The fraction of sp³-hybridized carbons (Fsp3) is 0.833. The number of carbonyl (C=O) groups excluding carboxylic acids is 2. The molecule has 0 radical (unpaired) electrons. The zero-order valence-electron chi connectivity index (χ0n) is 9.13. The van der Waals surface area contributed by atoms with E-state index in [1.165, 1.54) is 6.42 Å². The van der Waals surface area contributed by atoms with E-state index in [1.54, 1.807) is 0 Å². The topological polar surface area (TPSA) is 46.2 Å². The van der Waals surface area contributed by atoms with E-state index in [0.29, 0.717) is 6.42 Å². The summed E-state index contributed by atoms with van der Waals surface area (Å²) in [5.41, 5.74) is 0. The summed E-state index contributed by atoms with van der Waals surface area (Å²) in [6.07, 6.45) is 8.03. The van der Waals surface area contributed by atoms with Gasteiger partial charge in [-0.15, -0.1) is 0 Å². The van der Waals surface area contributed by atoms with Gasteiger partial charge in [0, 0.05) is 12.3 Å². The summed E-state index contributed by atoms with van der Waals surface area (Å²) >= 11 is 0. The van der Waals surface area contributed by atoms with Crippen LogP contribution in [0.2, 0.25) is 0 Å². The Kier molecular flexibility index (Phi) is 3.39. The highest BCUT2D eigenvalue weighted by molar-refractivity contribution is 5.91. The van der Waals surface area contributed by atoms with Gasteiger partial charge in [0.25, 0.3) is 0 Å². The molecule has 1 atom stereocenters. The molecular weight excluding hydrogens is 190 g/mol. The molecule has 2 aliphatic rings. The largest absolute Gasteiger partial charge is 0.346 e. The normalized spacial score (nSPS) is 28.0. The summed E-state index contributed by atoms with van der Waals surface area (Å²) in [7, 11) is 0. The molecule has 2 saturated carbocycles. The number of rotatable bonds is 2. The monoisotopic (exact) mass is 209 g/mol. The van der Waals surface area contributed by atoms with Crippen LogP contribution in [0, 0.1) is 5.92 Å². The molecular formula is C12H19NO2. The Morgan fingerprint density at radius 1 is 1.07 bits per heavy atom. The molecule has 3 heteroatoms. The number of Topliss-reactive ketones (excluding diaryl/α,β-unsaturated/α-hetero) is 1. The SMILES string of the molecule is O=C(N[C@@H]1CCCC1=O)C1CCCCC1. The molecule has 2 aliphatic carbocycles. The molecule has 0 saturated heterocycles. The molecule has 0 aliphatic heterocycles. The van der Waals surface area contributed by atoms with Crippen LogP contribution in [0.4, 0.5) is 0 Å². The van der Waals surface area contributed by atoms with Gasteiger partial charge in [0.1, 0.15) is 0 Å². The molecule has 2 rings (SSSR count). The lowest BCUT2D eigenvalue weighted by molar-refractivity contribution is -0.130. The van der Waals surface area contributed by atoms with Crippen LogP contribution in [0.25, 0.3) is 0 Å².